The van der Waals surface area contributed by atoms with Gasteiger partial charge < -0.3 is 9.64 Å². The van der Waals surface area contributed by atoms with Gasteiger partial charge in [-0.1, -0.05) is 30.3 Å². The Balaban J connectivity index is 1.22. The first-order chi connectivity index (χ1) is 17.2. The molecular weight excluding hydrogens is 475 g/mol. The molecule has 3 aliphatic heterocycles. The summed E-state index contributed by atoms with van der Waals surface area (Å²) in [6.07, 6.45) is -3.06. The van der Waals surface area contributed by atoms with Gasteiger partial charge in [0.1, 0.15) is 24.4 Å². The quantitative estimate of drug-likeness (QED) is 0.613. The molecule has 10 heteroatoms. The number of likely N-dealkylation sites (tertiary alicyclic amines) is 1. The van der Waals surface area contributed by atoms with Crippen molar-refractivity contribution in [2.24, 2.45) is 0 Å². The number of benzene rings is 2. The monoisotopic (exact) mass is 501 g/mol. The summed E-state index contributed by atoms with van der Waals surface area (Å²) in [5.41, 5.74) is 2.81. The van der Waals surface area contributed by atoms with Crippen LogP contribution in [0.2, 0.25) is 0 Å². The third-order valence-electron chi connectivity index (χ3n) is 7.08. The lowest BCUT2D eigenvalue weighted by Gasteiger charge is -2.29. The van der Waals surface area contributed by atoms with Crippen molar-refractivity contribution in [1.82, 2.24) is 15.1 Å². The second-order valence-corrected chi connectivity index (χ2v) is 9.46. The van der Waals surface area contributed by atoms with Gasteiger partial charge in [0.25, 0.3) is 5.91 Å². The van der Waals surface area contributed by atoms with Gasteiger partial charge in [0.2, 0.25) is 11.8 Å². The number of hydrogen-bond donors (Lipinski definition) is 1. The number of hydrogen-bond acceptors (Lipinski definition) is 5. The maximum atomic E-state index is 13.2. The van der Waals surface area contributed by atoms with E-state index in [-0.39, 0.29) is 50.8 Å². The molecule has 5 rings (SSSR count). The van der Waals surface area contributed by atoms with Crippen LogP contribution >= 0.6 is 0 Å². The lowest BCUT2D eigenvalue weighted by Crippen LogP contribution is -2.52. The molecule has 0 spiro atoms. The van der Waals surface area contributed by atoms with Crippen molar-refractivity contribution in [3.8, 4) is 5.75 Å². The van der Waals surface area contributed by atoms with Crippen molar-refractivity contribution in [3.63, 3.8) is 0 Å². The van der Waals surface area contributed by atoms with Crippen molar-refractivity contribution in [1.29, 1.82) is 0 Å². The molecule has 2 saturated heterocycles. The van der Waals surface area contributed by atoms with Crippen LogP contribution in [0.15, 0.2) is 42.5 Å². The highest BCUT2D eigenvalue weighted by molar-refractivity contribution is 6.05. The van der Waals surface area contributed by atoms with E-state index in [1.165, 1.54) is 9.80 Å². The van der Waals surface area contributed by atoms with Crippen LogP contribution in [0, 0.1) is 0 Å². The number of nitrogens with zero attached hydrogens (tertiary/aromatic N) is 2. The van der Waals surface area contributed by atoms with Crippen LogP contribution in [0.1, 0.15) is 52.7 Å². The van der Waals surface area contributed by atoms with Crippen LogP contribution < -0.4 is 10.1 Å². The van der Waals surface area contributed by atoms with E-state index in [1.54, 1.807) is 18.2 Å². The van der Waals surface area contributed by atoms with Crippen LogP contribution in [0.4, 0.5) is 13.2 Å². The Labute approximate surface area is 206 Å². The number of nitrogens with one attached hydrogen (secondary N) is 1. The first-order valence-corrected chi connectivity index (χ1v) is 12.0. The van der Waals surface area contributed by atoms with Gasteiger partial charge in [-0.3, -0.25) is 24.6 Å². The van der Waals surface area contributed by atoms with E-state index < -0.39 is 24.2 Å². The van der Waals surface area contributed by atoms with Crippen LogP contribution in [0.25, 0.3) is 0 Å². The van der Waals surface area contributed by atoms with Crippen molar-refractivity contribution in [3.05, 3.63) is 64.7 Å². The smallest absolute Gasteiger partial charge is 0.404 e. The number of carbonyl (C=O) groups excluding carboxylic acids is 3. The topological polar surface area (TPSA) is 79.0 Å². The highest BCUT2D eigenvalue weighted by Crippen LogP contribution is 2.35. The SMILES string of the molecule is O=C1CCC(N2Cc3c(OCc4ccc(CN5CCC[C@H]5C(F)(F)F)cc4)cccc3C2=O)C(=O)N1. The van der Waals surface area contributed by atoms with E-state index in [4.69, 9.17) is 4.74 Å². The molecule has 3 aliphatic rings. The third kappa shape index (κ3) is 4.82. The normalized spacial score (nSPS) is 22.6. The fourth-order valence-corrected chi connectivity index (χ4v) is 5.21. The van der Waals surface area contributed by atoms with Gasteiger partial charge in [-0.15, -0.1) is 0 Å². The zero-order valence-electron chi connectivity index (χ0n) is 19.5. The summed E-state index contributed by atoms with van der Waals surface area (Å²) < 4.78 is 45.6. The fourth-order valence-electron chi connectivity index (χ4n) is 5.21. The van der Waals surface area contributed by atoms with Crippen LogP contribution in [0.3, 0.4) is 0 Å². The molecule has 190 valence electrons. The van der Waals surface area contributed by atoms with Crippen molar-refractivity contribution < 1.29 is 32.3 Å². The van der Waals surface area contributed by atoms with E-state index in [9.17, 15) is 27.6 Å². The molecule has 3 heterocycles. The van der Waals surface area contributed by atoms with Crippen molar-refractivity contribution in [2.75, 3.05) is 6.54 Å². The highest BCUT2D eigenvalue weighted by atomic mass is 19.4. The second kappa shape index (κ2) is 9.57. The number of carbonyl (C=O) groups is 3. The Morgan fingerprint density at radius 3 is 2.47 bits per heavy atom. The third-order valence-corrected chi connectivity index (χ3v) is 7.08. The molecule has 3 amide bonds. The average molecular weight is 502 g/mol. The summed E-state index contributed by atoms with van der Waals surface area (Å²) in [4.78, 5) is 39.6. The summed E-state index contributed by atoms with van der Waals surface area (Å²) in [5.74, 6) is -0.542. The standard InChI is InChI=1S/C26H26F3N3O4/c27-26(28,29)22-5-2-12-31(22)13-16-6-8-17(9-7-16)15-36-21-4-1-3-18-19(21)14-32(25(18)35)20-10-11-23(33)30-24(20)34/h1,3-4,6-9,20,22H,2,5,10-15H2,(H,30,33,34)/t20?,22-/m0/s1. The number of alkyl halides is 3. The number of fused-ring (bicyclic) bond motifs is 1. The minimum absolute atomic E-state index is 0.139. The molecule has 2 aromatic carbocycles. The molecule has 0 aromatic heterocycles. The molecule has 0 bridgehead atoms. The Morgan fingerprint density at radius 2 is 1.75 bits per heavy atom. The molecule has 2 aromatic rings. The van der Waals surface area contributed by atoms with Crippen LogP contribution in [-0.4, -0.2) is 52.3 Å². The predicted octanol–water partition coefficient (Wildman–Crippen LogP) is 3.55. The Kier molecular flexibility index (Phi) is 6.46. The first kappa shape index (κ1) is 24.3. The molecule has 1 N–H and O–H groups in total. The summed E-state index contributed by atoms with van der Waals surface area (Å²) in [6.45, 7) is 1.11. The van der Waals surface area contributed by atoms with Gasteiger partial charge in [-0.05, 0) is 49.1 Å². The minimum atomic E-state index is -4.21. The Morgan fingerprint density at radius 1 is 1.00 bits per heavy atom. The number of rotatable bonds is 6. The van der Waals surface area contributed by atoms with Gasteiger partial charge >= 0.3 is 6.18 Å². The summed E-state index contributed by atoms with van der Waals surface area (Å²) in [6, 6.07) is 10.4. The molecule has 0 saturated carbocycles. The largest absolute Gasteiger partial charge is 0.489 e. The van der Waals surface area contributed by atoms with Crippen molar-refractivity contribution in [2.45, 2.75) is 63.6 Å². The van der Waals surface area contributed by atoms with Gasteiger partial charge in [-0.2, -0.15) is 13.2 Å². The molecule has 0 radical (unpaired) electrons. The van der Waals surface area contributed by atoms with E-state index in [2.05, 4.69) is 5.32 Å². The summed E-state index contributed by atoms with van der Waals surface area (Å²) in [5, 5.41) is 2.29. The van der Waals surface area contributed by atoms with E-state index >= 15 is 0 Å². The van der Waals surface area contributed by atoms with Gasteiger partial charge in [0.05, 0.1) is 6.54 Å². The molecule has 0 aliphatic carbocycles. The maximum absolute atomic E-state index is 13.2. The van der Waals surface area contributed by atoms with Gasteiger partial charge in [-0.25, -0.2) is 0 Å². The Hall–Kier alpha value is -3.40. The van der Waals surface area contributed by atoms with Crippen LogP contribution in [0.5, 0.6) is 5.75 Å². The molecule has 36 heavy (non-hydrogen) atoms. The van der Waals surface area contributed by atoms with E-state index in [0.29, 0.717) is 29.8 Å². The Bertz CT molecular complexity index is 1180. The van der Waals surface area contributed by atoms with Crippen LogP contribution in [-0.2, 0) is 29.3 Å². The number of halogens is 3. The molecule has 2 fully saturated rings. The lowest BCUT2D eigenvalue weighted by atomic mass is 10.0. The number of piperidine rings is 1. The van der Waals surface area contributed by atoms with E-state index in [0.717, 1.165) is 11.1 Å². The molecule has 7 nitrogen and oxygen atoms in total. The predicted molar refractivity (Wildman–Crippen MR) is 123 cm³/mol. The fraction of sp³-hybridized carbons (Fsp3) is 0.423. The van der Waals surface area contributed by atoms with Gasteiger partial charge in [0.15, 0.2) is 0 Å². The molecule has 2 atom stereocenters. The summed E-state index contributed by atoms with van der Waals surface area (Å²) >= 11 is 0. The lowest BCUT2D eigenvalue weighted by molar-refractivity contribution is -0.177. The van der Waals surface area contributed by atoms with Gasteiger partial charge in [0, 0.05) is 24.1 Å². The number of imide groups is 1. The number of ether oxygens (including phenoxy) is 1. The number of amides is 3. The molecule has 1 unspecified atom stereocenters. The summed E-state index contributed by atoms with van der Waals surface area (Å²) in [7, 11) is 0. The van der Waals surface area contributed by atoms with E-state index in [1.807, 2.05) is 24.3 Å². The van der Waals surface area contributed by atoms with Crippen molar-refractivity contribution >= 4 is 17.7 Å². The average Bonchev–Trinajstić information content (AvgIpc) is 3.44. The second-order valence-electron chi connectivity index (χ2n) is 9.46. The molecular formula is C26H26F3N3O4. The highest BCUT2D eigenvalue weighted by Gasteiger charge is 2.45. The zero-order chi connectivity index (χ0) is 25.4. The zero-order valence-corrected chi connectivity index (χ0v) is 19.5. The first-order valence-electron chi connectivity index (χ1n) is 12.0. The minimum Gasteiger partial charge on any atom is -0.489 e. The maximum Gasteiger partial charge on any atom is 0.404 e.